The van der Waals surface area contributed by atoms with Gasteiger partial charge in [-0.2, -0.15) is 0 Å². The first-order valence-corrected chi connectivity index (χ1v) is 13.8. The fraction of sp³-hybridized carbons (Fsp3) is 0.552. The van der Waals surface area contributed by atoms with Crippen molar-refractivity contribution in [1.82, 2.24) is 10.2 Å². The van der Waals surface area contributed by atoms with Crippen LogP contribution >= 0.6 is 0 Å². The van der Waals surface area contributed by atoms with Crippen LogP contribution in [0.2, 0.25) is 0 Å². The van der Waals surface area contributed by atoms with Crippen molar-refractivity contribution in [3.05, 3.63) is 45.7 Å². The lowest BCUT2D eigenvalue weighted by Crippen LogP contribution is -2.62. The van der Waals surface area contributed by atoms with Gasteiger partial charge >= 0.3 is 5.91 Å². The second-order valence-corrected chi connectivity index (χ2v) is 12.0. The van der Waals surface area contributed by atoms with Gasteiger partial charge in [0.15, 0.2) is 11.4 Å². The molecule has 3 aliphatic carbocycles. The second-order valence-electron chi connectivity index (χ2n) is 12.0. The summed E-state index contributed by atoms with van der Waals surface area (Å²) in [5.74, 6) is 0.377. The van der Waals surface area contributed by atoms with Crippen molar-refractivity contribution in [1.29, 1.82) is 0 Å². The molecule has 0 aliphatic heterocycles. The molecule has 0 bridgehead atoms. The zero-order valence-electron chi connectivity index (χ0n) is 24.4. The lowest BCUT2D eigenvalue weighted by molar-refractivity contribution is -0.146. The van der Waals surface area contributed by atoms with Crippen molar-refractivity contribution in [3.63, 3.8) is 0 Å². The Morgan fingerprint density at radius 1 is 1.22 bits per heavy atom. The van der Waals surface area contributed by atoms with Crippen molar-refractivity contribution in [2.45, 2.75) is 51.3 Å². The van der Waals surface area contributed by atoms with Gasteiger partial charge in [-0.25, -0.2) is 0 Å². The number of likely N-dealkylation sites (N-methyl/N-ethyl adjacent to an activating group) is 1. The number of Topliss-reactive ketones (excluding diaryl/α,β-unsaturated/α-hetero) is 2. The summed E-state index contributed by atoms with van der Waals surface area (Å²) in [5, 5.41) is 44.3. The number of hydrogen-bond donors (Lipinski definition) is 5. The van der Waals surface area contributed by atoms with Crippen LogP contribution in [-0.2, 0) is 22.6 Å². The zero-order valence-corrected chi connectivity index (χ0v) is 24.4. The first-order valence-electron chi connectivity index (χ1n) is 13.8. The van der Waals surface area contributed by atoms with Gasteiger partial charge in [0.2, 0.25) is 5.78 Å². The molecule has 1 amide bonds. The summed E-state index contributed by atoms with van der Waals surface area (Å²) in [6.07, 6.45) is 2.84. The number of carbonyl (C=O) groups is 3. The number of ketones is 2. The average molecular weight is 569 g/mol. The van der Waals surface area contributed by atoms with Crippen molar-refractivity contribution in [2.75, 3.05) is 39.6 Å². The van der Waals surface area contributed by atoms with Crippen molar-refractivity contribution in [2.24, 2.45) is 33.9 Å². The molecule has 0 heterocycles. The van der Waals surface area contributed by atoms with E-state index in [0.29, 0.717) is 30.0 Å². The van der Waals surface area contributed by atoms with Gasteiger partial charge in [0.1, 0.15) is 11.5 Å². The van der Waals surface area contributed by atoms with Crippen molar-refractivity contribution >= 4 is 23.2 Å². The van der Waals surface area contributed by atoms with Gasteiger partial charge in [-0.15, -0.1) is 0 Å². The smallest absolute Gasteiger partial charge is 0.300 e. The number of aliphatic hydroxyl groups is 2. The number of nitrogens with one attached hydrogen (secondary N) is 1. The predicted molar refractivity (Wildman–Crippen MR) is 152 cm³/mol. The maximum absolute atomic E-state index is 14.1. The van der Waals surface area contributed by atoms with E-state index in [1.54, 1.807) is 19.0 Å². The summed E-state index contributed by atoms with van der Waals surface area (Å²) in [4.78, 5) is 43.9. The monoisotopic (exact) mass is 568 g/mol. The number of aliphatic hydroxyl groups excluding tert-OH is 1. The van der Waals surface area contributed by atoms with Crippen LogP contribution in [-0.4, -0.2) is 84.1 Å². The van der Waals surface area contributed by atoms with E-state index in [4.69, 9.17) is 5.84 Å². The standard InChI is InChI=1S/C29H40N6O6/c1-14(2)7-8-31-13-16-11-20(34(3)4)17-9-15-10-19-21(35(5)6)12-18(28(40)32-33-30)26(38)29(19,41)27(39)22(15)25(37)23(17)24(16)36/h11-12,14-15,19,21,31,36,39,41H,7-10,13H2,1-6H3,(H2,30,32,40)/t15-,19-,21?,29+/m0/s1. The van der Waals surface area contributed by atoms with E-state index in [1.807, 2.05) is 25.1 Å². The number of rotatable bonds is 8. The third-order valence-electron chi connectivity index (χ3n) is 8.50. The highest BCUT2D eigenvalue weighted by Crippen LogP contribution is 2.52. The number of phenolic OH excluding ortho intramolecular Hbond substituents is 1. The van der Waals surface area contributed by atoms with Gasteiger partial charge in [-0.3, -0.25) is 14.4 Å². The molecule has 0 saturated carbocycles. The molecule has 12 heteroatoms. The predicted octanol–water partition coefficient (Wildman–Crippen LogP) is 1.80. The van der Waals surface area contributed by atoms with E-state index >= 15 is 0 Å². The molecule has 1 aromatic rings. The van der Waals surface area contributed by atoms with E-state index < -0.39 is 52.3 Å². The van der Waals surface area contributed by atoms with Gasteiger partial charge in [0.05, 0.1) is 11.1 Å². The summed E-state index contributed by atoms with van der Waals surface area (Å²) in [7, 11) is 7.17. The molecule has 41 heavy (non-hydrogen) atoms. The second kappa shape index (κ2) is 11.3. The summed E-state index contributed by atoms with van der Waals surface area (Å²) in [5.41, 5.74) is -1.15. The Hall–Kier alpha value is -3.61. The Kier molecular flexibility index (Phi) is 8.40. The molecule has 3 aliphatic rings. The highest BCUT2D eigenvalue weighted by Gasteiger charge is 2.61. The molecule has 4 rings (SSSR count). The molecule has 0 spiro atoms. The normalized spacial score (nSPS) is 25.9. The molecule has 1 aromatic carbocycles. The fourth-order valence-electron chi connectivity index (χ4n) is 6.39. The van der Waals surface area contributed by atoms with Crippen LogP contribution < -0.4 is 16.1 Å². The van der Waals surface area contributed by atoms with E-state index in [-0.39, 0.29) is 23.3 Å². The van der Waals surface area contributed by atoms with Crippen LogP contribution in [0.25, 0.3) is 0 Å². The summed E-state index contributed by atoms with van der Waals surface area (Å²) in [6.45, 7) is 5.30. The molecule has 0 radical (unpaired) electrons. The van der Waals surface area contributed by atoms with Crippen LogP contribution in [0.15, 0.2) is 39.4 Å². The minimum absolute atomic E-state index is 0.0490. The van der Waals surface area contributed by atoms with Crippen molar-refractivity contribution in [3.8, 4) is 5.75 Å². The van der Waals surface area contributed by atoms with E-state index in [0.717, 1.165) is 18.7 Å². The Labute approximate surface area is 239 Å². The van der Waals surface area contributed by atoms with Gasteiger partial charge in [-0.05, 0) is 63.4 Å². The Bertz CT molecular complexity index is 1360. The number of amides is 1. The SMILES string of the molecule is CC(C)CCNCc1cc(N(C)C)c2c(c1O)C(=O)C1=C(O)[C@]3(O)C(=O)C(C(=O)N=NN)=CC(N(C)C)[C@@H]3C[C@@H]1C2. The van der Waals surface area contributed by atoms with E-state index in [2.05, 4.69) is 29.5 Å². The van der Waals surface area contributed by atoms with Gasteiger partial charge in [0, 0.05) is 49.4 Å². The van der Waals surface area contributed by atoms with Crippen LogP contribution in [0.5, 0.6) is 5.75 Å². The minimum atomic E-state index is -2.55. The van der Waals surface area contributed by atoms with Crippen LogP contribution in [0, 0.1) is 17.8 Å². The number of hydrogen-bond acceptors (Lipinski definition) is 10. The molecule has 1 unspecified atom stereocenters. The topological polar surface area (TPSA) is 181 Å². The Morgan fingerprint density at radius 2 is 1.90 bits per heavy atom. The number of allylic oxidation sites excluding steroid dienone is 1. The number of benzene rings is 1. The number of fused-ring (bicyclic) bond motifs is 3. The molecule has 6 N–H and O–H groups in total. The zero-order chi connectivity index (χ0) is 30.4. The lowest BCUT2D eigenvalue weighted by Gasteiger charge is -2.49. The first kappa shape index (κ1) is 30.4. The van der Waals surface area contributed by atoms with Crippen molar-refractivity contribution < 1.29 is 29.7 Å². The maximum atomic E-state index is 14.1. The third kappa shape index (κ3) is 5.04. The highest BCUT2D eigenvalue weighted by atomic mass is 16.3. The van der Waals surface area contributed by atoms with E-state index in [9.17, 15) is 29.7 Å². The molecule has 12 nitrogen and oxygen atoms in total. The largest absolute Gasteiger partial charge is 0.508 e. The van der Waals surface area contributed by atoms with Gasteiger partial charge in [-0.1, -0.05) is 30.3 Å². The molecule has 0 aromatic heterocycles. The number of anilines is 1. The number of aromatic hydroxyl groups is 1. The Morgan fingerprint density at radius 3 is 2.49 bits per heavy atom. The first-order chi connectivity index (χ1) is 19.2. The lowest BCUT2D eigenvalue weighted by atomic mass is 9.59. The summed E-state index contributed by atoms with van der Waals surface area (Å²) < 4.78 is 0. The number of carbonyl (C=O) groups excluding carboxylic acids is 3. The van der Waals surface area contributed by atoms with Crippen LogP contribution in [0.4, 0.5) is 5.69 Å². The van der Waals surface area contributed by atoms with E-state index in [1.165, 1.54) is 6.08 Å². The quantitative estimate of drug-likeness (QED) is 0.102. The molecule has 222 valence electrons. The third-order valence-corrected chi connectivity index (χ3v) is 8.50. The molecular formula is C29H40N6O6. The van der Waals surface area contributed by atoms with Crippen LogP contribution in [0.1, 0.15) is 48.2 Å². The molecular weight excluding hydrogens is 528 g/mol. The summed E-state index contributed by atoms with van der Waals surface area (Å²) >= 11 is 0. The minimum Gasteiger partial charge on any atom is -0.508 e. The Balaban J connectivity index is 1.85. The number of phenols is 1. The molecule has 0 saturated heterocycles. The van der Waals surface area contributed by atoms with Crippen LogP contribution in [0.3, 0.4) is 0 Å². The average Bonchev–Trinajstić information content (AvgIpc) is 2.89. The molecule has 0 fully saturated rings. The summed E-state index contributed by atoms with van der Waals surface area (Å²) in [6, 6.07) is 1.22. The highest BCUT2D eigenvalue weighted by molar-refractivity contribution is 6.25. The van der Waals surface area contributed by atoms with Gasteiger partial charge in [0.25, 0.3) is 0 Å². The maximum Gasteiger partial charge on any atom is 0.300 e. The fourth-order valence-corrected chi connectivity index (χ4v) is 6.39. The number of nitrogens with two attached hydrogens (primary N) is 1. The molecule has 4 atom stereocenters. The number of nitrogens with zero attached hydrogens (tertiary/aromatic N) is 4. The van der Waals surface area contributed by atoms with Gasteiger partial charge < -0.3 is 36.3 Å².